The molecule has 0 amide bonds. The molecule has 0 saturated carbocycles. The van der Waals surface area contributed by atoms with E-state index in [2.05, 4.69) is 24.8 Å². The summed E-state index contributed by atoms with van der Waals surface area (Å²) in [5.74, 6) is 0.649. The van der Waals surface area contributed by atoms with Crippen molar-refractivity contribution in [3.8, 4) is 11.4 Å². The number of aromatic nitrogens is 4. The average Bonchev–Trinajstić information content (AvgIpc) is 3.01. The summed E-state index contributed by atoms with van der Waals surface area (Å²) in [6.07, 6.45) is 2.49. The van der Waals surface area contributed by atoms with Gasteiger partial charge in [0.1, 0.15) is 5.82 Å². The first-order valence-electron chi connectivity index (χ1n) is 8.09. The first kappa shape index (κ1) is 14.8. The molecule has 0 saturated heterocycles. The average molecular weight is 321 g/mol. The van der Waals surface area contributed by atoms with E-state index in [0.29, 0.717) is 12.4 Å². The standard InChI is InChI=1S/C18H19N5O/c1-12-16(20-11-19-12)10-23-8-7-15-14(9-23)18(24)22-17(21-15)13-5-3-2-4-6-13/h2-6,11H,7-10H2,1H3,(H,19,20)(H,21,22,24). The number of aromatic amines is 2. The van der Waals surface area contributed by atoms with Crippen molar-refractivity contribution in [2.45, 2.75) is 26.4 Å². The van der Waals surface area contributed by atoms with Gasteiger partial charge in [-0.05, 0) is 6.92 Å². The van der Waals surface area contributed by atoms with Crippen LogP contribution in [0.2, 0.25) is 0 Å². The fourth-order valence-corrected chi connectivity index (χ4v) is 3.11. The zero-order valence-corrected chi connectivity index (χ0v) is 13.5. The van der Waals surface area contributed by atoms with Crippen LogP contribution in [0.15, 0.2) is 41.5 Å². The molecule has 0 radical (unpaired) electrons. The predicted molar refractivity (Wildman–Crippen MR) is 91.4 cm³/mol. The van der Waals surface area contributed by atoms with Crippen molar-refractivity contribution in [2.75, 3.05) is 6.54 Å². The Hall–Kier alpha value is -2.73. The molecule has 0 unspecified atom stereocenters. The monoisotopic (exact) mass is 321 g/mol. The highest BCUT2D eigenvalue weighted by molar-refractivity contribution is 5.54. The lowest BCUT2D eigenvalue weighted by Gasteiger charge is -2.27. The Morgan fingerprint density at radius 1 is 1.25 bits per heavy atom. The Labute approximate surface area is 139 Å². The molecule has 1 aliphatic heterocycles. The molecular weight excluding hydrogens is 302 g/mol. The number of H-pyrrole nitrogens is 2. The van der Waals surface area contributed by atoms with Crippen LogP contribution in [0.4, 0.5) is 0 Å². The van der Waals surface area contributed by atoms with Crippen molar-refractivity contribution in [2.24, 2.45) is 0 Å². The van der Waals surface area contributed by atoms with Gasteiger partial charge in [-0.15, -0.1) is 0 Å². The van der Waals surface area contributed by atoms with Gasteiger partial charge in [0.2, 0.25) is 0 Å². The smallest absolute Gasteiger partial charge is 0.255 e. The molecule has 1 aliphatic rings. The first-order chi connectivity index (χ1) is 11.7. The fourth-order valence-electron chi connectivity index (χ4n) is 3.11. The predicted octanol–water partition coefficient (Wildman–Crippen LogP) is 2.03. The highest BCUT2D eigenvalue weighted by atomic mass is 16.1. The van der Waals surface area contributed by atoms with Crippen LogP contribution in [0.3, 0.4) is 0 Å². The number of hydrogen-bond donors (Lipinski definition) is 2. The van der Waals surface area contributed by atoms with E-state index >= 15 is 0 Å². The van der Waals surface area contributed by atoms with Gasteiger partial charge in [0.15, 0.2) is 0 Å². The molecule has 6 heteroatoms. The van der Waals surface area contributed by atoms with Crippen molar-refractivity contribution in [3.05, 3.63) is 69.7 Å². The second-order valence-electron chi connectivity index (χ2n) is 6.14. The second kappa shape index (κ2) is 6.05. The molecule has 4 rings (SSSR count). The van der Waals surface area contributed by atoms with Crippen LogP contribution in [0.1, 0.15) is 22.6 Å². The van der Waals surface area contributed by atoms with E-state index in [1.54, 1.807) is 6.33 Å². The van der Waals surface area contributed by atoms with Gasteiger partial charge in [0, 0.05) is 37.3 Å². The number of benzene rings is 1. The third-order valence-electron chi connectivity index (χ3n) is 4.50. The van der Waals surface area contributed by atoms with E-state index in [0.717, 1.165) is 47.7 Å². The molecule has 0 spiro atoms. The summed E-state index contributed by atoms with van der Waals surface area (Å²) in [5.41, 5.74) is 4.69. The van der Waals surface area contributed by atoms with Crippen molar-refractivity contribution < 1.29 is 0 Å². The molecule has 24 heavy (non-hydrogen) atoms. The molecule has 3 aromatic rings. The van der Waals surface area contributed by atoms with Gasteiger partial charge >= 0.3 is 0 Å². The number of nitrogens with zero attached hydrogens (tertiary/aromatic N) is 3. The molecule has 0 atom stereocenters. The Morgan fingerprint density at radius 2 is 2.08 bits per heavy atom. The SMILES string of the molecule is Cc1[nH]cnc1CN1CCc2nc(-c3ccccc3)[nH]c(=O)c2C1. The minimum Gasteiger partial charge on any atom is -0.348 e. The number of nitrogens with one attached hydrogen (secondary N) is 2. The van der Waals surface area contributed by atoms with Crippen LogP contribution in [-0.4, -0.2) is 31.4 Å². The van der Waals surface area contributed by atoms with Crippen LogP contribution in [0.5, 0.6) is 0 Å². The highest BCUT2D eigenvalue weighted by Crippen LogP contribution is 2.19. The second-order valence-corrected chi connectivity index (χ2v) is 6.14. The van der Waals surface area contributed by atoms with E-state index < -0.39 is 0 Å². The molecule has 0 aliphatic carbocycles. The summed E-state index contributed by atoms with van der Waals surface area (Å²) in [6, 6.07) is 9.76. The van der Waals surface area contributed by atoms with Gasteiger partial charge in [-0.25, -0.2) is 9.97 Å². The third kappa shape index (κ3) is 2.76. The molecule has 6 nitrogen and oxygen atoms in total. The Bertz CT molecular complexity index is 913. The van der Waals surface area contributed by atoms with Gasteiger partial charge in [0.05, 0.1) is 23.3 Å². The summed E-state index contributed by atoms with van der Waals surface area (Å²) in [7, 11) is 0. The van der Waals surface area contributed by atoms with Gasteiger partial charge in [-0.2, -0.15) is 0 Å². The fraction of sp³-hybridized carbons (Fsp3) is 0.278. The summed E-state index contributed by atoms with van der Waals surface area (Å²) in [6.45, 7) is 4.25. The molecule has 0 bridgehead atoms. The van der Waals surface area contributed by atoms with E-state index in [1.807, 2.05) is 37.3 Å². The maximum atomic E-state index is 12.5. The van der Waals surface area contributed by atoms with Crippen LogP contribution in [0, 0.1) is 6.92 Å². The zero-order chi connectivity index (χ0) is 16.5. The topological polar surface area (TPSA) is 77.7 Å². The lowest BCUT2D eigenvalue weighted by Crippen LogP contribution is -2.35. The third-order valence-corrected chi connectivity index (χ3v) is 4.50. The van der Waals surface area contributed by atoms with Crippen LogP contribution in [-0.2, 0) is 19.5 Å². The number of rotatable bonds is 3. The quantitative estimate of drug-likeness (QED) is 0.774. The molecule has 1 aromatic carbocycles. The van der Waals surface area contributed by atoms with Gasteiger partial charge < -0.3 is 9.97 Å². The summed E-state index contributed by atoms with van der Waals surface area (Å²) in [4.78, 5) is 29.8. The molecule has 0 fully saturated rings. The van der Waals surface area contributed by atoms with Crippen LogP contribution in [0.25, 0.3) is 11.4 Å². The zero-order valence-electron chi connectivity index (χ0n) is 13.5. The largest absolute Gasteiger partial charge is 0.348 e. The van der Waals surface area contributed by atoms with E-state index in [-0.39, 0.29) is 5.56 Å². The van der Waals surface area contributed by atoms with Crippen LogP contribution < -0.4 is 5.56 Å². The number of imidazole rings is 1. The molecule has 2 N–H and O–H groups in total. The maximum Gasteiger partial charge on any atom is 0.255 e. The molecule has 3 heterocycles. The Morgan fingerprint density at radius 3 is 2.83 bits per heavy atom. The van der Waals surface area contributed by atoms with Crippen molar-refractivity contribution in [1.82, 2.24) is 24.8 Å². The van der Waals surface area contributed by atoms with Gasteiger partial charge in [-0.3, -0.25) is 9.69 Å². The van der Waals surface area contributed by atoms with Crippen LogP contribution >= 0.6 is 0 Å². The Balaban J connectivity index is 1.61. The highest BCUT2D eigenvalue weighted by Gasteiger charge is 2.22. The molecular formula is C18H19N5O. The molecule has 122 valence electrons. The summed E-state index contributed by atoms with van der Waals surface area (Å²) in [5, 5.41) is 0. The van der Waals surface area contributed by atoms with E-state index in [1.165, 1.54) is 0 Å². The summed E-state index contributed by atoms with van der Waals surface area (Å²) < 4.78 is 0. The van der Waals surface area contributed by atoms with E-state index in [4.69, 9.17) is 0 Å². The minimum absolute atomic E-state index is 0.0395. The molecule has 2 aromatic heterocycles. The maximum absolute atomic E-state index is 12.5. The Kier molecular flexibility index (Phi) is 3.74. The first-order valence-corrected chi connectivity index (χ1v) is 8.09. The van der Waals surface area contributed by atoms with Crippen molar-refractivity contribution >= 4 is 0 Å². The summed E-state index contributed by atoms with van der Waals surface area (Å²) >= 11 is 0. The lowest BCUT2D eigenvalue weighted by molar-refractivity contribution is 0.239. The normalized spacial score (nSPS) is 14.5. The minimum atomic E-state index is -0.0395. The number of hydrogen-bond acceptors (Lipinski definition) is 4. The van der Waals surface area contributed by atoms with Crippen molar-refractivity contribution in [3.63, 3.8) is 0 Å². The number of aryl methyl sites for hydroxylation is 1. The van der Waals surface area contributed by atoms with E-state index in [9.17, 15) is 4.79 Å². The van der Waals surface area contributed by atoms with Gasteiger partial charge in [-0.1, -0.05) is 30.3 Å². The van der Waals surface area contributed by atoms with Gasteiger partial charge in [0.25, 0.3) is 5.56 Å². The number of fused-ring (bicyclic) bond motifs is 1. The van der Waals surface area contributed by atoms with Crippen molar-refractivity contribution in [1.29, 1.82) is 0 Å². The lowest BCUT2D eigenvalue weighted by atomic mass is 10.1.